The van der Waals surface area contributed by atoms with E-state index >= 15 is 0 Å². The number of carbonyl (C=O) groups is 2. The monoisotopic (exact) mass is 275 g/mol. The van der Waals surface area contributed by atoms with Crippen molar-refractivity contribution in [1.82, 2.24) is 4.90 Å². The number of hydrogen-bond acceptors (Lipinski definition) is 2. The number of carbonyl (C=O) groups excluding carboxylic acids is 1. The Kier molecular flexibility index (Phi) is 4.42. The van der Waals surface area contributed by atoms with E-state index in [1.807, 2.05) is 31.2 Å². The van der Waals surface area contributed by atoms with Crippen LogP contribution in [0.5, 0.6) is 0 Å². The first kappa shape index (κ1) is 14.6. The maximum Gasteiger partial charge on any atom is 0.308 e. The summed E-state index contributed by atoms with van der Waals surface area (Å²) < 4.78 is 0. The molecule has 4 heteroatoms. The van der Waals surface area contributed by atoms with Gasteiger partial charge in [-0.25, -0.2) is 0 Å². The summed E-state index contributed by atoms with van der Waals surface area (Å²) >= 11 is 0. The minimum Gasteiger partial charge on any atom is -0.481 e. The molecule has 4 nitrogen and oxygen atoms in total. The fourth-order valence-electron chi connectivity index (χ4n) is 2.29. The number of aryl methyl sites for hydroxylation is 1. The van der Waals surface area contributed by atoms with Crippen LogP contribution in [0.15, 0.2) is 24.3 Å². The van der Waals surface area contributed by atoms with Crippen LogP contribution in [0, 0.1) is 12.8 Å². The molecule has 1 aliphatic rings. The molecule has 1 atom stereocenters. The lowest BCUT2D eigenvalue weighted by Crippen LogP contribution is -2.39. The molecule has 2 rings (SSSR count). The molecule has 0 spiro atoms. The molecule has 0 aromatic heterocycles. The van der Waals surface area contributed by atoms with Crippen LogP contribution in [-0.2, 0) is 16.0 Å². The third kappa shape index (κ3) is 3.59. The number of benzene rings is 1. The molecule has 0 aliphatic heterocycles. The van der Waals surface area contributed by atoms with Crippen molar-refractivity contribution in [1.29, 1.82) is 0 Å². The average molecular weight is 275 g/mol. The number of carboxylic acid groups (broad SMARTS) is 1. The molecule has 1 aromatic rings. The third-order valence-corrected chi connectivity index (χ3v) is 3.80. The summed E-state index contributed by atoms with van der Waals surface area (Å²) in [4.78, 5) is 25.2. The van der Waals surface area contributed by atoms with Gasteiger partial charge in [-0.05, 0) is 30.9 Å². The van der Waals surface area contributed by atoms with Crippen molar-refractivity contribution in [2.75, 3.05) is 6.54 Å². The second-order valence-corrected chi connectivity index (χ2v) is 5.62. The molecule has 0 bridgehead atoms. The number of rotatable bonds is 6. The summed E-state index contributed by atoms with van der Waals surface area (Å²) in [6.45, 7) is 3.95. The lowest BCUT2D eigenvalue weighted by molar-refractivity contribution is -0.143. The van der Waals surface area contributed by atoms with Crippen molar-refractivity contribution in [3.05, 3.63) is 35.4 Å². The molecule has 0 radical (unpaired) electrons. The van der Waals surface area contributed by atoms with Crippen molar-refractivity contribution in [3.63, 3.8) is 0 Å². The van der Waals surface area contributed by atoms with Crippen molar-refractivity contribution in [3.8, 4) is 0 Å². The Bertz CT molecular complexity index is 508. The summed E-state index contributed by atoms with van der Waals surface area (Å²) in [5, 5.41) is 9.01. The first-order chi connectivity index (χ1) is 9.49. The van der Waals surface area contributed by atoms with Gasteiger partial charge in [-0.2, -0.15) is 0 Å². The highest BCUT2D eigenvalue weighted by Crippen LogP contribution is 2.28. The van der Waals surface area contributed by atoms with E-state index in [9.17, 15) is 9.59 Å². The zero-order valence-corrected chi connectivity index (χ0v) is 12.0. The summed E-state index contributed by atoms with van der Waals surface area (Å²) in [7, 11) is 0. The van der Waals surface area contributed by atoms with Gasteiger partial charge in [0.25, 0.3) is 0 Å². The largest absolute Gasteiger partial charge is 0.481 e. The fraction of sp³-hybridized carbons (Fsp3) is 0.500. The van der Waals surface area contributed by atoms with E-state index in [4.69, 9.17) is 5.11 Å². The Hall–Kier alpha value is -1.84. The Balaban J connectivity index is 2.04. The number of aliphatic carboxylic acids is 1. The van der Waals surface area contributed by atoms with E-state index in [-0.39, 0.29) is 11.9 Å². The highest BCUT2D eigenvalue weighted by atomic mass is 16.4. The van der Waals surface area contributed by atoms with E-state index in [1.165, 1.54) is 0 Å². The molecule has 1 amide bonds. The van der Waals surface area contributed by atoms with Crippen molar-refractivity contribution < 1.29 is 14.7 Å². The van der Waals surface area contributed by atoms with Gasteiger partial charge in [-0.1, -0.05) is 31.2 Å². The zero-order chi connectivity index (χ0) is 14.7. The van der Waals surface area contributed by atoms with Crippen LogP contribution in [0.1, 0.15) is 30.9 Å². The molecule has 108 valence electrons. The van der Waals surface area contributed by atoms with Crippen LogP contribution in [0.3, 0.4) is 0 Å². The minimum atomic E-state index is -0.848. The Morgan fingerprint density at radius 1 is 1.35 bits per heavy atom. The maximum absolute atomic E-state index is 12.4. The molecular formula is C16H21NO3. The van der Waals surface area contributed by atoms with Gasteiger partial charge in [0.2, 0.25) is 5.91 Å². The number of nitrogens with zero attached hydrogens (tertiary/aromatic N) is 1. The van der Waals surface area contributed by atoms with Crippen molar-refractivity contribution in [2.45, 2.75) is 39.2 Å². The highest BCUT2D eigenvalue weighted by molar-refractivity contribution is 5.80. The molecule has 1 fully saturated rings. The Labute approximate surface area is 119 Å². The SMILES string of the molecule is Cc1ccccc1CC(=O)N(C[C@H](C)C(=O)O)C1CC1. The molecular weight excluding hydrogens is 254 g/mol. The maximum atomic E-state index is 12.4. The normalized spacial score (nSPS) is 15.7. The average Bonchev–Trinajstić information content (AvgIpc) is 3.22. The van der Waals surface area contributed by atoms with Crippen LogP contribution < -0.4 is 0 Å². The van der Waals surface area contributed by atoms with Gasteiger partial charge >= 0.3 is 5.97 Å². The Morgan fingerprint density at radius 2 is 2.00 bits per heavy atom. The van der Waals surface area contributed by atoms with E-state index in [0.717, 1.165) is 24.0 Å². The predicted octanol–water partition coefficient (Wildman–Crippen LogP) is 2.25. The van der Waals surface area contributed by atoms with Crippen LogP contribution >= 0.6 is 0 Å². The lowest BCUT2D eigenvalue weighted by atomic mass is 10.0. The second-order valence-electron chi connectivity index (χ2n) is 5.62. The number of amides is 1. The topological polar surface area (TPSA) is 57.6 Å². The van der Waals surface area contributed by atoms with Crippen molar-refractivity contribution >= 4 is 11.9 Å². The molecule has 1 N–H and O–H groups in total. The predicted molar refractivity (Wildman–Crippen MR) is 76.4 cm³/mol. The van der Waals surface area contributed by atoms with Crippen LogP contribution in [0.4, 0.5) is 0 Å². The third-order valence-electron chi connectivity index (χ3n) is 3.80. The fourth-order valence-corrected chi connectivity index (χ4v) is 2.29. The summed E-state index contributed by atoms with van der Waals surface area (Å²) in [5.74, 6) is -1.33. The molecule has 0 unspecified atom stereocenters. The van der Waals surface area contributed by atoms with Gasteiger partial charge in [0.15, 0.2) is 0 Å². The van der Waals surface area contributed by atoms with E-state index in [0.29, 0.717) is 13.0 Å². The van der Waals surface area contributed by atoms with E-state index < -0.39 is 11.9 Å². The Morgan fingerprint density at radius 3 is 2.55 bits per heavy atom. The van der Waals surface area contributed by atoms with Crippen molar-refractivity contribution in [2.24, 2.45) is 5.92 Å². The highest BCUT2D eigenvalue weighted by Gasteiger charge is 2.34. The molecule has 20 heavy (non-hydrogen) atoms. The lowest BCUT2D eigenvalue weighted by Gasteiger charge is -2.24. The van der Waals surface area contributed by atoms with Gasteiger partial charge in [0.1, 0.15) is 0 Å². The van der Waals surface area contributed by atoms with Crippen LogP contribution in [0.2, 0.25) is 0 Å². The second kappa shape index (κ2) is 6.07. The molecule has 0 saturated heterocycles. The minimum absolute atomic E-state index is 0.0369. The number of carboxylic acids is 1. The smallest absolute Gasteiger partial charge is 0.308 e. The molecule has 1 saturated carbocycles. The molecule has 1 aliphatic carbocycles. The summed E-state index contributed by atoms with van der Waals surface area (Å²) in [6, 6.07) is 8.07. The quantitative estimate of drug-likeness (QED) is 0.866. The van der Waals surface area contributed by atoms with E-state index in [2.05, 4.69) is 0 Å². The summed E-state index contributed by atoms with van der Waals surface area (Å²) in [6.07, 6.45) is 2.34. The zero-order valence-electron chi connectivity index (χ0n) is 12.0. The molecule has 1 aromatic carbocycles. The van der Waals surface area contributed by atoms with Gasteiger partial charge < -0.3 is 10.0 Å². The standard InChI is InChI=1S/C16H21NO3/c1-11-5-3-4-6-13(11)9-15(18)17(14-7-8-14)10-12(2)16(19)20/h3-6,12,14H,7-10H2,1-2H3,(H,19,20)/t12-/m0/s1. The first-order valence-corrected chi connectivity index (χ1v) is 7.06. The number of hydrogen-bond donors (Lipinski definition) is 1. The van der Waals surface area contributed by atoms with E-state index in [1.54, 1.807) is 11.8 Å². The van der Waals surface area contributed by atoms with Crippen LogP contribution in [0.25, 0.3) is 0 Å². The van der Waals surface area contributed by atoms with Gasteiger partial charge in [0.05, 0.1) is 12.3 Å². The molecule has 0 heterocycles. The van der Waals surface area contributed by atoms with Crippen LogP contribution in [-0.4, -0.2) is 34.5 Å². The van der Waals surface area contributed by atoms with Gasteiger partial charge in [-0.3, -0.25) is 9.59 Å². The van der Waals surface area contributed by atoms with Gasteiger partial charge in [-0.15, -0.1) is 0 Å². The van der Waals surface area contributed by atoms with Gasteiger partial charge in [0, 0.05) is 12.6 Å². The first-order valence-electron chi connectivity index (χ1n) is 7.06. The summed E-state index contributed by atoms with van der Waals surface area (Å²) in [5.41, 5.74) is 2.12.